The third kappa shape index (κ3) is 32.0. The molecule has 0 bridgehead atoms. The Balaban J connectivity index is 4.63. The number of carbonyl (C=O) groups excluding carboxylic acids is 1. The largest absolute Gasteiger partial charge is 0.472 e. The predicted molar refractivity (Wildman–Crippen MR) is 202 cm³/mol. The lowest BCUT2D eigenvalue weighted by molar-refractivity contribution is -0.122. The summed E-state index contributed by atoms with van der Waals surface area (Å²) in [6.45, 7) is 3.84. The Labute approximate surface area is 292 Å². The minimum Gasteiger partial charge on any atom is -0.387 e. The van der Waals surface area contributed by atoms with Crippen LogP contribution < -0.4 is 11.1 Å². The SMILES string of the molecule is CC/C=C\C/C=C\C/C=C\C/C=C\C/C=C\CC(=O)NC(COP(=O)(O)OCCN)C(O)/C=C/CC/C=C/CC/C=C/CCCCCC. The molecule has 3 atom stereocenters. The van der Waals surface area contributed by atoms with Crippen molar-refractivity contribution in [1.29, 1.82) is 0 Å². The van der Waals surface area contributed by atoms with E-state index in [1.165, 1.54) is 25.7 Å². The van der Waals surface area contributed by atoms with Gasteiger partial charge in [-0.3, -0.25) is 13.8 Å². The Morgan fingerprint density at radius 3 is 1.77 bits per heavy atom. The molecule has 0 saturated carbocycles. The molecule has 0 aromatic carbocycles. The van der Waals surface area contributed by atoms with E-state index in [9.17, 15) is 19.4 Å². The van der Waals surface area contributed by atoms with E-state index < -0.39 is 26.6 Å². The maximum atomic E-state index is 12.6. The first-order valence-electron chi connectivity index (χ1n) is 17.9. The number of hydrogen-bond acceptors (Lipinski definition) is 6. The Kier molecular flexibility index (Phi) is 32.4. The number of nitrogens with one attached hydrogen (secondary N) is 1. The van der Waals surface area contributed by atoms with Gasteiger partial charge >= 0.3 is 7.82 Å². The van der Waals surface area contributed by atoms with Crippen LogP contribution in [0.1, 0.15) is 110 Å². The van der Waals surface area contributed by atoms with Crippen molar-refractivity contribution in [2.24, 2.45) is 5.73 Å². The standard InChI is InChI=1S/C39H65N2O6P/c1-3-5-7-9-11-13-15-17-19-21-23-25-27-29-31-33-39(43)41-37(36-47-48(44,45)46-35-34-40)38(42)32-30-28-26-24-22-20-18-16-14-12-10-8-6-4-2/h5,7,11,13-14,16-17,19,22-25,29-32,37-38,42H,3-4,6,8-10,12,15,18,20-21,26-28,33-36,40H2,1-2H3,(H,41,43)(H,44,45)/b7-5-,13-11-,16-14+,19-17-,24-22+,25-23-,31-29-,32-30+. The molecule has 9 heteroatoms. The molecule has 0 aliphatic heterocycles. The summed E-state index contributed by atoms with van der Waals surface area (Å²) in [6, 6.07) is -0.942. The summed E-state index contributed by atoms with van der Waals surface area (Å²) >= 11 is 0. The second-order valence-corrected chi connectivity index (χ2v) is 12.8. The maximum absolute atomic E-state index is 12.6. The van der Waals surface area contributed by atoms with Crippen LogP contribution in [0.4, 0.5) is 0 Å². The number of aliphatic hydroxyl groups is 1. The number of allylic oxidation sites excluding steroid dienone is 14. The highest BCUT2D eigenvalue weighted by atomic mass is 31.2. The second kappa shape index (κ2) is 34.3. The molecule has 0 aliphatic rings. The third-order valence-corrected chi connectivity index (χ3v) is 7.88. The molecule has 3 unspecified atom stereocenters. The van der Waals surface area contributed by atoms with Gasteiger partial charge in [-0.1, -0.05) is 130 Å². The number of hydrogen-bond donors (Lipinski definition) is 4. The number of rotatable bonds is 31. The summed E-state index contributed by atoms with van der Waals surface area (Å²) < 4.78 is 21.9. The van der Waals surface area contributed by atoms with Crippen molar-refractivity contribution in [2.45, 2.75) is 122 Å². The summed E-state index contributed by atoms with van der Waals surface area (Å²) in [5.41, 5.74) is 5.34. The van der Waals surface area contributed by atoms with Crippen LogP contribution in [0.2, 0.25) is 0 Å². The molecule has 272 valence electrons. The highest BCUT2D eigenvalue weighted by Crippen LogP contribution is 2.43. The van der Waals surface area contributed by atoms with E-state index in [2.05, 4.69) is 86.0 Å². The molecule has 1 amide bonds. The smallest absolute Gasteiger partial charge is 0.387 e. The normalized spacial score (nSPS) is 15.5. The van der Waals surface area contributed by atoms with Gasteiger partial charge in [-0.05, 0) is 70.6 Å². The molecule has 0 heterocycles. The van der Waals surface area contributed by atoms with Crippen LogP contribution in [-0.4, -0.2) is 47.8 Å². The summed E-state index contributed by atoms with van der Waals surface area (Å²) in [7, 11) is -4.37. The lowest BCUT2D eigenvalue weighted by Gasteiger charge is -2.23. The fourth-order valence-electron chi connectivity index (χ4n) is 4.23. The van der Waals surface area contributed by atoms with Crippen LogP contribution in [0, 0.1) is 0 Å². The van der Waals surface area contributed by atoms with Crippen molar-refractivity contribution in [1.82, 2.24) is 5.32 Å². The molecule has 0 aliphatic carbocycles. The topological polar surface area (TPSA) is 131 Å². The molecule has 48 heavy (non-hydrogen) atoms. The minimum absolute atomic E-state index is 0.0525. The Hall–Kier alpha value is -2.58. The molecule has 0 fully saturated rings. The summed E-state index contributed by atoms with van der Waals surface area (Å²) in [5.74, 6) is -0.342. The fourth-order valence-corrected chi connectivity index (χ4v) is 4.99. The Morgan fingerprint density at radius 1 is 0.708 bits per heavy atom. The molecule has 8 nitrogen and oxygen atoms in total. The van der Waals surface area contributed by atoms with Gasteiger partial charge in [0.15, 0.2) is 0 Å². The van der Waals surface area contributed by atoms with Crippen molar-refractivity contribution >= 4 is 13.7 Å². The van der Waals surface area contributed by atoms with Crippen LogP contribution in [0.15, 0.2) is 97.2 Å². The summed E-state index contributed by atoms with van der Waals surface area (Å²) in [5, 5.41) is 13.5. The average Bonchev–Trinajstić information content (AvgIpc) is 3.07. The van der Waals surface area contributed by atoms with Crippen LogP contribution in [0.5, 0.6) is 0 Å². The number of aliphatic hydroxyl groups excluding tert-OH is 1. The van der Waals surface area contributed by atoms with Crippen LogP contribution in [0.3, 0.4) is 0 Å². The number of phosphoric acid groups is 1. The van der Waals surface area contributed by atoms with Crippen LogP contribution >= 0.6 is 7.82 Å². The van der Waals surface area contributed by atoms with Gasteiger partial charge in [0, 0.05) is 13.0 Å². The van der Waals surface area contributed by atoms with E-state index in [0.29, 0.717) is 12.8 Å². The number of carbonyl (C=O) groups is 1. The van der Waals surface area contributed by atoms with Gasteiger partial charge in [0.05, 0.1) is 25.4 Å². The third-order valence-electron chi connectivity index (χ3n) is 6.90. The lowest BCUT2D eigenvalue weighted by atomic mass is 10.1. The van der Waals surface area contributed by atoms with E-state index in [1.54, 1.807) is 12.2 Å². The molecular weight excluding hydrogens is 623 g/mol. The van der Waals surface area contributed by atoms with Crippen LogP contribution in [0.25, 0.3) is 0 Å². The molecule has 0 saturated heterocycles. The van der Waals surface area contributed by atoms with Gasteiger partial charge in [0.2, 0.25) is 5.91 Å². The zero-order valence-electron chi connectivity index (χ0n) is 29.7. The quantitative estimate of drug-likeness (QED) is 0.0324. The molecule has 0 radical (unpaired) electrons. The summed E-state index contributed by atoms with van der Waals surface area (Å²) in [6.07, 6.45) is 46.2. The van der Waals surface area contributed by atoms with Crippen molar-refractivity contribution in [3.8, 4) is 0 Å². The van der Waals surface area contributed by atoms with E-state index in [4.69, 9.17) is 14.8 Å². The molecule has 0 aromatic rings. The first-order valence-corrected chi connectivity index (χ1v) is 19.4. The van der Waals surface area contributed by atoms with Crippen molar-refractivity contribution < 1.29 is 28.4 Å². The molecular formula is C39H65N2O6P. The first-order chi connectivity index (χ1) is 23.4. The fraction of sp³-hybridized carbons (Fsp3) is 0.564. The highest BCUT2D eigenvalue weighted by molar-refractivity contribution is 7.47. The maximum Gasteiger partial charge on any atom is 0.472 e. The van der Waals surface area contributed by atoms with Crippen molar-refractivity contribution in [2.75, 3.05) is 19.8 Å². The summed E-state index contributed by atoms with van der Waals surface area (Å²) in [4.78, 5) is 22.5. The molecule has 0 spiro atoms. The van der Waals surface area contributed by atoms with Gasteiger partial charge in [-0.25, -0.2) is 4.57 Å². The predicted octanol–water partition coefficient (Wildman–Crippen LogP) is 9.27. The van der Waals surface area contributed by atoms with Gasteiger partial charge < -0.3 is 21.1 Å². The Bertz CT molecular complexity index is 1060. The minimum atomic E-state index is -4.37. The van der Waals surface area contributed by atoms with Gasteiger partial charge in [0.25, 0.3) is 0 Å². The molecule has 0 rings (SSSR count). The first kappa shape index (κ1) is 45.4. The van der Waals surface area contributed by atoms with E-state index in [0.717, 1.165) is 51.4 Å². The molecule has 5 N–H and O–H groups in total. The lowest BCUT2D eigenvalue weighted by Crippen LogP contribution is -2.45. The molecule has 0 aromatic heterocycles. The van der Waals surface area contributed by atoms with Crippen molar-refractivity contribution in [3.63, 3.8) is 0 Å². The van der Waals surface area contributed by atoms with E-state index in [1.807, 2.05) is 18.2 Å². The Morgan fingerprint density at radius 2 is 1.23 bits per heavy atom. The van der Waals surface area contributed by atoms with Gasteiger partial charge in [0.1, 0.15) is 0 Å². The van der Waals surface area contributed by atoms with Gasteiger partial charge in [-0.2, -0.15) is 0 Å². The monoisotopic (exact) mass is 688 g/mol. The van der Waals surface area contributed by atoms with Crippen LogP contribution in [-0.2, 0) is 18.4 Å². The zero-order chi connectivity index (χ0) is 35.4. The number of nitrogens with two attached hydrogens (primary N) is 1. The van der Waals surface area contributed by atoms with Gasteiger partial charge in [-0.15, -0.1) is 0 Å². The average molecular weight is 689 g/mol. The number of phosphoric ester groups is 1. The number of unbranched alkanes of at least 4 members (excludes halogenated alkanes) is 6. The van der Waals surface area contributed by atoms with E-state index >= 15 is 0 Å². The van der Waals surface area contributed by atoms with E-state index in [-0.39, 0.29) is 25.5 Å². The zero-order valence-corrected chi connectivity index (χ0v) is 30.6. The second-order valence-electron chi connectivity index (χ2n) is 11.3. The number of amides is 1. The highest BCUT2D eigenvalue weighted by Gasteiger charge is 2.26. The van der Waals surface area contributed by atoms with Crippen molar-refractivity contribution in [3.05, 3.63) is 97.2 Å².